The van der Waals surface area contributed by atoms with Crippen LogP contribution in [0.5, 0.6) is 0 Å². The van der Waals surface area contributed by atoms with Crippen LogP contribution in [0.4, 0.5) is 5.69 Å². The number of benzene rings is 1. The first-order chi connectivity index (χ1) is 6.48. The van der Waals surface area contributed by atoms with Gasteiger partial charge in [-0.3, -0.25) is 0 Å². The van der Waals surface area contributed by atoms with Crippen LogP contribution in [0.3, 0.4) is 0 Å². The summed E-state index contributed by atoms with van der Waals surface area (Å²) in [6, 6.07) is 5.52. The SMILES string of the molecule is CC(C)(O)c1nc2c(N)cccc2[nH]1. The Labute approximate surface area is 81.8 Å². The molecule has 4 nitrogen and oxygen atoms in total. The van der Waals surface area contributed by atoms with Gasteiger partial charge in [0, 0.05) is 0 Å². The van der Waals surface area contributed by atoms with Crippen molar-refractivity contribution in [3.63, 3.8) is 0 Å². The number of aliphatic hydroxyl groups is 1. The lowest BCUT2D eigenvalue weighted by atomic mass is 10.1. The monoisotopic (exact) mass is 191 g/mol. The molecule has 0 aliphatic rings. The van der Waals surface area contributed by atoms with E-state index in [4.69, 9.17) is 5.73 Å². The van der Waals surface area contributed by atoms with Crippen LogP contribution in [0.2, 0.25) is 0 Å². The maximum absolute atomic E-state index is 9.75. The summed E-state index contributed by atoms with van der Waals surface area (Å²) in [7, 11) is 0. The lowest BCUT2D eigenvalue weighted by Crippen LogP contribution is -2.17. The van der Waals surface area contributed by atoms with Crippen molar-refractivity contribution in [1.29, 1.82) is 0 Å². The van der Waals surface area contributed by atoms with Gasteiger partial charge in [0.1, 0.15) is 16.9 Å². The summed E-state index contributed by atoms with van der Waals surface area (Å²) in [4.78, 5) is 7.29. The molecule has 74 valence electrons. The van der Waals surface area contributed by atoms with Crippen molar-refractivity contribution in [2.75, 3.05) is 5.73 Å². The van der Waals surface area contributed by atoms with Gasteiger partial charge in [0.25, 0.3) is 0 Å². The minimum Gasteiger partial charge on any atom is -0.397 e. The Morgan fingerprint density at radius 1 is 1.43 bits per heavy atom. The molecule has 0 atom stereocenters. The number of nitrogens with one attached hydrogen (secondary N) is 1. The van der Waals surface area contributed by atoms with Crippen molar-refractivity contribution in [3.8, 4) is 0 Å². The van der Waals surface area contributed by atoms with Crippen molar-refractivity contribution in [1.82, 2.24) is 9.97 Å². The fraction of sp³-hybridized carbons (Fsp3) is 0.300. The van der Waals surface area contributed by atoms with E-state index in [9.17, 15) is 5.11 Å². The van der Waals surface area contributed by atoms with Crippen LogP contribution >= 0.6 is 0 Å². The maximum Gasteiger partial charge on any atom is 0.138 e. The molecule has 14 heavy (non-hydrogen) atoms. The summed E-state index contributed by atoms with van der Waals surface area (Å²) in [5.74, 6) is 0.533. The molecule has 0 amide bonds. The van der Waals surface area contributed by atoms with E-state index in [1.807, 2.05) is 12.1 Å². The number of fused-ring (bicyclic) bond motifs is 1. The average molecular weight is 191 g/mol. The van der Waals surface area contributed by atoms with Gasteiger partial charge >= 0.3 is 0 Å². The highest BCUT2D eigenvalue weighted by atomic mass is 16.3. The Balaban J connectivity index is 2.69. The number of para-hydroxylation sites is 1. The van der Waals surface area contributed by atoms with Crippen LogP contribution in [-0.2, 0) is 5.60 Å². The summed E-state index contributed by atoms with van der Waals surface area (Å²) in [6.45, 7) is 3.36. The second kappa shape index (κ2) is 2.72. The van der Waals surface area contributed by atoms with Gasteiger partial charge in [-0.2, -0.15) is 0 Å². The molecule has 1 heterocycles. The number of nitrogen functional groups attached to an aromatic ring is 1. The Hall–Kier alpha value is -1.55. The predicted molar refractivity (Wildman–Crippen MR) is 55.8 cm³/mol. The number of anilines is 1. The molecule has 0 saturated heterocycles. The fourth-order valence-electron chi connectivity index (χ4n) is 1.34. The summed E-state index contributed by atoms with van der Waals surface area (Å²) < 4.78 is 0. The standard InChI is InChI=1S/C10H13N3O/c1-10(2,14)9-12-7-5-3-4-6(11)8(7)13-9/h3-5,14H,11H2,1-2H3,(H,12,13). The van der Waals surface area contributed by atoms with Gasteiger partial charge in [0.15, 0.2) is 0 Å². The van der Waals surface area contributed by atoms with E-state index in [0.29, 0.717) is 17.0 Å². The zero-order valence-corrected chi connectivity index (χ0v) is 8.20. The first-order valence-corrected chi connectivity index (χ1v) is 4.45. The first kappa shape index (κ1) is 9.02. The van der Waals surface area contributed by atoms with Crippen LogP contribution < -0.4 is 5.73 Å². The summed E-state index contributed by atoms with van der Waals surface area (Å²) >= 11 is 0. The number of hydrogen-bond acceptors (Lipinski definition) is 3. The van der Waals surface area contributed by atoms with E-state index in [2.05, 4.69) is 9.97 Å². The minimum atomic E-state index is -0.967. The van der Waals surface area contributed by atoms with E-state index in [-0.39, 0.29) is 0 Å². The molecule has 2 rings (SSSR count). The van der Waals surface area contributed by atoms with Crippen LogP contribution in [0, 0.1) is 0 Å². The van der Waals surface area contributed by atoms with Gasteiger partial charge in [0.05, 0.1) is 11.2 Å². The maximum atomic E-state index is 9.75. The van der Waals surface area contributed by atoms with E-state index >= 15 is 0 Å². The molecule has 4 heteroatoms. The third-order valence-corrected chi connectivity index (χ3v) is 2.12. The second-order valence-corrected chi connectivity index (χ2v) is 3.89. The molecule has 1 aromatic heterocycles. The van der Waals surface area contributed by atoms with Crippen LogP contribution in [0.1, 0.15) is 19.7 Å². The number of aromatic nitrogens is 2. The highest BCUT2D eigenvalue weighted by molar-refractivity contribution is 5.86. The van der Waals surface area contributed by atoms with E-state index in [1.54, 1.807) is 19.9 Å². The lowest BCUT2D eigenvalue weighted by molar-refractivity contribution is 0.0700. The zero-order chi connectivity index (χ0) is 10.3. The molecular weight excluding hydrogens is 178 g/mol. The Kier molecular flexibility index (Phi) is 1.75. The number of rotatable bonds is 1. The Morgan fingerprint density at radius 2 is 2.14 bits per heavy atom. The van der Waals surface area contributed by atoms with Crippen molar-refractivity contribution < 1.29 is 5.11 Å². The van der Waals surface area contributed by atoms with Gasteiger partial charge in [0.2, 0.25) is 0 Å². The highest BCUT2D eigenvalue weighted by Crippen LogP contribution is 2.23. The molecule has 1 aromatic carbocycles. The molecule has 0 radical (unpaired) electrons. The number of nitrogens with two attached hydrogens (primary N) is 1. The molecule has 0 saturated carbocycles. The summed E-state index contributed by atoms with van der Waals surface area (Å²) in [6.07, 6.45) is 0. The predicted octanol–water partition coefficient (Wildman–Crippen LogP) is 1.37. The van der Waals surface area contributed by atoms with Gasteiger partial charge in [-0.05, 0) is 26.0 Å². The number of hydrogen-bond donors (Lipinski definition) is 3. The van der Waals surface area contributed by atoms with Gasteiger partial charge in [-0.1, -0.05) is 6.07 Å². The third kappa shape index (κ3) is 1.33. The van der Waals surface area contributed by atoms with Gasteiger partial charge in [-0.25, -0.2) is 4.98 Å². The second-order valence-electron chi connectivity index (χ2n) is 3.89. The molecule has 2 aromatic rings. The lowest BCUT2D eigenvalue weighted by Gasteiger charge is -2.12. The molecule has 0 spiro atoms. The van der Waals surface area contributed by atoms with Crippen LogP contribution in [0.15, 0.2) is 18.2 Å². The Morgan fingerprint density at radius 3 is 2.71 bits per heavy atom. The molecule has 4 N–H and O–H groups in total. The molecular formula is C10H13N3O. The van der Waals surface area contributed by atoms with E-state index in [1.165, 1.54) is 0 Å². The molecule has 0 unspecified atom stereocenters. The van der Waals surface area contributed by atoms with Crippen LogP contribution in [0.25, 0.3) is 11.0 Å². The van der Waals surface area contributed by atoms with Crippen molar-refractivity contribution >= 4 is 16.7 Å². The number of imidazole rings is 1. The highest BCUT2D eigenvalue weighted by Gasteiger charge is 2.20. The van der Waals surface area contributed by atoms with E-state index in [0.717, 1.165) is 5.52 Å². The van der Waals surface area contributed by atoms with Crippen molar-refractivity contribution in [3.05, 3.63) is 24.0 Å². The van der Waals surface area contributed by atoms with E-state index < -0.39 is 5.60 Å². The average Bonchev–Trinajstić information content (AvgIpc) is 2.48. The van der Waals surface area contributed by atoms with Crippen LogP contribution in [-0.4, -0.2) is 15.1 Å². The van der Waals surface area contributed by atoms with Gasteiger partial charge in [-0.15, -0.1) is 0 Å². The quantitative estimate of drug-likeness (QED) is 0.596. The number of aromatic amines is 1. The Bertz CT molecular complexity index is 468. The van der Waals surface area contributed by atoms with Gasteiger partial charge < -0.3 is 15.8 Å². The molecule has 0 aliphatic carbocycles. The molecule has 0 fully saturated rings. The molecule has 0 aliphatic heterocycles. The van der Waals surface area contributed by atoms with Crippen molar-refractivity contribution in [2.45, 2.75) is 19.4 Å². The van der Waals surface area contributed by atoms with Crippen molar-refractivity contribution in [2.24, 2.45) is 0 Å². The third-order valence-electron chi connectivity index (χ3n) is 2.12. The number of nitrogens with zero attached hydrogens (tertiary/aromatic N) is 1. The topological polar surface area (TPSA) is 74.9 Å². The fourth-order valence-corrected chi connectivity index (χ4v) is 1.34. The summed E-state index contributed by atoms with van der Waals surface area (Å²) in [5.41, 5.74) is 6.96. The smallest absolute Gasteiger partial charge is 0.138 e. The normalized spacial score (nSPS) is 12.2. The summed E-state index contributed by atoms with van der Waals surface area (Å²) in [5, 5.41) is 9.75. The zero-order valence-electron chi connectivity index (χ0n) is 8.20. The molecule has 0 bridgehead atoms. The first-order valence-electron chi connectivity index (χ1n) is 4.45. The number of H-pyrrole nitrogens is 1. The largest absolute Gasteiger partial charge is 0.397 e. The minimum absolute atomic E-state index is 0.533.